The number of carbonyl (C=O) groups excluding carboxylic acids is 1. The zero-order chi connectivity index (χ0) is 11.3. The number of nitrogens with zero attached hydrogens (tertiary/aromatic N) is 1. The van der Waals surface area contributed by atoms with Gasteiger partial charge in [-0.15, -0.1) is 0 Å². The Hall–Kier alpha value is -1.82. The fourth-order valence-electron chi connectivity index (χ4n) is 1.28. The lowest BCUT2D eigenvalue weighted by Gasteiger charge is -2.03. The van der Waals surface area contributed by atoms with Crippen molar-refractivity contribution in [3.8, 4) is 6.07 Å². The molecule has 0 saturated carbocycles. The summed E-state index contributed by atoms with van der Waals surface area (Å²) in [5, 5.41) is 8.81. The lowest BCUT2D eigenvalue weighted by molar-refractivity contribution is -0.142. The predicted octanol–water partition coefficient (Wildman–Crippen LogP) is 1.97. The van der Waals surface area contributed by atoms with E-state index in [1.807, 2.05) is 19.1 Å². The minimum atomic E-state index is -0.259. The number of rotatable bonds is 3. The summed E-state index contributed by atoms with van der Waals surface area (Å²) in [6.45, 7) is 4.02. The summed E-state index contributed by atoms with van der Waals surface area (Å²) in [6.07, 6.45) is 0.225. The topological polar surface area (TPSA) is 50.1 Å². The normalized spacial score (nSPS) is 9.40. The highest BCUT2D eigenvalue weighted by molar-refractivity contribution is 5.72. The average molecular weight is 203 g/mol. The van der Waals surface area contributed by atoms with Crippen LogP contribution in [0, 0.1) is 18.3 Å². The molecule has 0 aliphatic carbocycles. The fraction of sp³-hybridized carbons (Fsp3) is 0.333. The highest BCUT2D eigenvalue weighted by Crippen LogP contribution is 2.10. The van der Waals surface area contributed by atoms with Crippen LogP contribution in [0.4, 0.5) is 0 Å². The Labute approximate surface area is 89.3 Å². The first-order valence-corrected chi connectivity index (χ1v) is 4.82. The number of nitriles is 1. The third-order valence-electron chi connectivity index (χ3n) is 2.08. The molecule has 78 valence electrons. The van der Waals surface area contributed by atoms with E-state index in [1.54, 1.807) is 13.0 Å². The van der Waals surface area contributed by atoms with Gasteiger partial charge in [0.05, 0.1) is 24.7 Å². The van der Waals surface area contributed by atoms with Crippen LogP contribution in [0.1, 0.15) is 23.6 Å². The Kier molecular flexibility index (Phi) is 3.87. The highest BCUT2D eigenvalue weighted by Gasteiger charge is 2.05. The molecule has 0 radical (unpaired) electrons. The van der Waals surface area contributed by atoms with Crippen LogP contribution < -0.4 is 0 Å². The minimum Gasteiger partial charge on any atom is -0.466 e. The molecule has 0 unspecified atom stereocenters. The molecule has 0 aromatic heterocycles. The lowest BCUT2D eigenvalue weighted by atomic mass is 10.0. The van der Waals surface area contributed by atoms with E-state index in [9.17, 15) is 4.79 Å². The average Bonchev–Trinajstić information content (AvgIpc) is 2.21. The van der Waals surface area contributed by atoms with Gasteiger partial charge in [0.1, 0.15) is 0 Å². The van der Waals surface area contributed by atoms with Crippen LogP contribution in [0.25, 0.3) is 0 Å². The molecule has 0 fully saturated rings. The second-order valence-corrected chi connectivity index (χ2v) is 3.24. The Bertz CT molecular complexity index is 405. The Balaban J connectivity index is 2.80. The third kappa shape index (κ3) is 3.10. The van der Waals surface area contributed by atoms with E-state index in [4.69, 9.17) is 10.00 Å². The number of hydrogen-bond acceptors (Lipinski definition) is 3. The molecule has 15 heavy (non-hydrogen) atoms. The second kappa shape index (κ2) is 5.16. The number of hydrogen-bond donors (Lipinski definition) is 0. The molecule has 0 N–H and O–H groups in total. The third-order valence-corrected chi connectivity index (χ3v) is 2.08. The van der Waals surface area contributed by atoms with E-state index in [2.05, 4.69) is 6.07 Å². The maximum atomic E-state index is 11.2. The zero-order valence-corrected chi connectivity index (χ0v) is 8.91. The van der Waals surface area contributed by atoms with Crippen LogP contribution in [-0.4, -0.2) is 12.6 Å². The van der Waals surface area contributed by atoms with Crippen LogP contribution in [0.5, 0.6) is 0 Å². The molecule has 3 nitrogen and oxygen atoms in total. The molecule has 0 heterocycles. The van der Waals surface area contributed by atoms with Crippen molar-refractivity contribution >= 4 is 5.97 Å². The molecule has 0 amide bonds. The molecule has 3 heteroatoms. The van der Waals surface area contributed by atoms with E-state index in [-0.39, 0.29) is 12.4 Å². The minimum absolute atomic E-state index is 0.225. The Morgan fingerprint density at radius 2 is 2.27 bits per heavy atom. The first kappa shape index (κ1) is 11.3. The predicted molar refractivity (Wildman–Crippen MR) is 56.2 cm³/mol. The summed E-state index contributed by atoms with van der Waals surface area (Å²) >= 11 is 0. The summed E-state index contributed by atoms with van der Waals surface area (Å²) < 4.78 is 4.83. The van der Waals surface area contributed by atoms with Gasteiger partial charge in [-0.2, -0.15) is 5.26 Å². The summed E-state index contributed by atoms with van der Waals surface area (Å²) in [5.74, 6) is -0.259. The maximum Gasteiger partial charge on any atom is 0.310 e. The summed E-state index contributed by atoms with van der Waals surface area (Å²) in [5.41, 5.74) is 2.34. The van der Waals surface area contributed by atoms with Crippen LogP contribution in [0.3, 0.4) is 0 Å². The van der Waals surface area contributed by atoms with E-state index < -0.39 is 0 Å². The molecule has 0 atom stereocenters. The van der Waals surface area contributed by atoms with Crippen LogP contribution >= 0.6 is 0 Å². The van der Waals surface area contributed by atoms with Gasteiger partial charge in [0.25, 0.3) is 0 Å². The first-order valence-electron chi connectivity index (χ1n) is 4.82. The molecule has 0 saturated heterocycles. The smallest absolute Gasteiger partial charge is 0.310 e. The molecule has 1 aromatic carbocycles. The number of ether oxygens (including phenoxy) is 1. The van der Waals surface area contributed by atoms with E-state index >= 15 is 0 Å². The lowest BCUT2D eigenvalue weighted by Crippen LogP contribution is -2.07. The van der Waals surface area contributed by atoms with E-state index in [0.717, 1.165) is 11.1 Å². The van der Waals surface area contributed by atoms with Gasteiger partial charge in [0.15, 0.2) is 0 Å². The van der Waals surface area contributed by atoms with E-state index in [1.165, 1.54) is 0 Å². The molecule has 0 aliphatic rings. The molecule has 0 aliphatic heterocycles. The van der Waals surface area contributed by atoms with Gasteiger partial charge in [-0.05, 0) is 31.0 Å². The molecule has 1 aromatic rings. The van der Waals surface area contributed by atoms with Gasteiger partial charge in [0, 0.05) is 0 Å². The Morgan fingerprint density at radius 1 is 1.53 bits per heavy atom. The van der Waals surface area contributed by atoms with Crippen molar-refractivity contribution in [2.45, 2.75) is 20.3 Å². The quantitative estimate of drug-likeness (QED) is 0.706. The molecule has 0 bridgehead atoms. The second-order valence-electron chi connectivity index (χ2n) is 3.24. The maximum absolute atomic E-state index is 11.2. The van der Waals surface area contributed by atoms with Crippen molar-refractivity contribution < 1.29 is 9.53 Å². The molecule has 1 rings (SSSR count). The largest absolute Gasteiger partial charge is 0.466 e. The van der Waals surface area contributed by atoms with Crippen molar-refractivity contribution in [3.05, 3.63) is 34.9 Å². The van der Waals surface area contributed by atoms with Crippen molar-refractivity contribution in [3.63, 3.8) is 0 Å². The van der Waals surface area contributed by atoms with Crippen molar-refractivity contribution in [1.29, 1.82) is 5.26 Å². The van der Waals surface area contributed by atoms with Crippen molar-refractivity contribution in [1.82, 2.24) is 0 Å². The van der Waals surface area contributed by atoms with Crippen molar-refractivity contribution in [2.75, 3.05) is 6.61 Å². The Morgan fingerprint density at radius 3 is 2.87 bits per heavy atom. The zero-order valence-electron chi connectivity index (χ0n) is 8.91. The summed E-state index contributed by atoms with van der Waals surface area (Å²) in [4.78, 5) is 11.2. The number of benzene rings is 1. The first-order chi connectivity index (χ1) is 7.17. The molecule has 0 spiro atoms. The standard InChI is InChI=1S/C12H13NO2/c1-3-15-12(14)7-10-5-4-9(2)11(6-10)8-13/h4-6H,3,7H2,1-2H3. The van der Waals surface area contributed by atoms with Gasteiger partial charge in [-0.25, -0.2) is 0 Å². The number of carbonyl (C=O) groups is 1. The monoisotopic (exact) mass is 203 g/mol. The molecular weight excluding hydrogens is 190 g/mol. The van der Waals surface area contributed by atoms with Crippen LogP contribution in [0.15, 0.2) is 18.2 Å². The van der Waals surface area contributed by atoms with E-state index in [0.29, 0.717) is 12.2 Å². The van der Waals surface area contributed by atoms with Crippen molar-refractivity contribution in [2.24, 2.45) is 0 Å². The highest BCUT2D eigenvalue weighted by atomic mass is 16.5. The van der Waals surface area contributed by atoms with Crippen LogP contribution in [0.2, 0.25) is 0 Å². The number of aryl methyl sites for hydroxylation is 1. The van der Waals surface area contributed by atoms with Gasteiger partial charge < -0.3 is 4.74 Å². The van der Waals surface area contributed by atoms with Gasteiger partial charge in [-0.1, -0.05) is 12.1 Å². The number of esters is 1. The SMILES string of the molecule is CCOC(=O)Cc1ccc(C)c(C#N)c1. The molecular formula is C12H13NO2. The summed E-state index contributed by atoms with van der Waals surface area (Å²) in [7, 11) is 0. The van der Waals surface area contributed by atoms with Gasteiger partial charge in [-0.3, -0.25) is 4.79 Å². The summed E-state index contributed by atoms with van der Waals surface area (Å²) in [6, 6.07) is 7.50. The fourth-order valence-corrected chi connectivity index (χ4v) is 1.28. The van der Waals surface area contributed by atoms with Gasteiger partial charge >= 0.3 is 5.97 Å². The van der Waals surface area contributed by atoms with Gasteiger partial charge in [0.2, 0.25) is 0 Å². The van der Waals surface area contributed by atoms with Crippen LogP contribution in [-0.2, 0) is 16.0 Å².